The second kappa shape index (κ2) is 7.64. The molecule has 5 rings (SSSR count). The van der Waals surface area contributed by atoms with Crippen molar-refractivity contribution in [3.63, 3.8) is 0 Å². The zero-order valence-electron chi connectivity index (χ0n) is 16.1. The lowest BCUT2D eigenvalue weighted by Gasteiger charge is -2.30. The molecule has 10 heteroatoms. The lowest BCUT2D eigenvalue weighted by Crippen LogP contribution is -2.33. The molecule has 1 aliphatic rings. The summed E-state index contributed by atoms with van der Waals surface area (Å²) in [6.07, 6.45) is 3.98. The predicted octanol–water partition coefficient (Wildman–Crippen LogP) is 3.07. The molecule has 1 saturated heterocycles. The number of aromatic nitrogens is 5. The molecule has 0 bridgehead atoms. The van der Waals surface area contributed by atoms with Crippen molar-refractivity contribution in [2.45, 2.75) is 25.3 Å². The number of pyridine rings is 1. The molecule has 0 aliphatic carbocycles. The van der Waals surface area contributed by atoms with Gasteiger partial charge in [0.1, 0.15) is 5.82 Å². The SMILES string of the molecule is O=[N+]([O-])c1ccc(-c2nnc(CN3CCC(c4nnc5ccccn45)CC3)o2)cc1. The first-order valence-electron chi connectivity index (χ1n) is 9.76. The maximum absolute atomic E-state index is 10.8. The molecule has 0 N–H and O–H groups in total. The summed E-state index contributed by atoms with van der Waals surface area (Å²) in [6.45, 7) is 2.39. The minimum absolute atomic E-state index is 0.0295. The monoisotopic (exact) mass is 405 g/mol. The number of benzene rings is 1. The van der Waals surface area contributed by atoms with Crippen molar-refractivity contribution < 1.29 is 9.34 Å². The molecule has 0 atom stereocenters. The summed E-state index contributed by atoms with van der Waals surface area (Å²) in [6, 6.07) is 12.0. The topological polar surface area (TPSA) is 115 Å². The van der Waals surface area contributed by atoms with Gasteiger partial charge in [0.15, 0.2) is 5.65 Å². The van der Waals surface area contributed by atoms with E-state index < -0.39 is 4.92 Å². The number of nitrogens with zero attached hydrogens (tertiary/aromatic N) is 7. The number of hydrogen-bond acceptors (Lipinski definition) is 8. The molecule has 1 fully saturated rings. The Hall–Kier alpha value is -3.66. The summed E-state index contributed by atoms with van der Waals surface area (Å²) >= 11 is 0. The van der Waals surface area contributed by atoms with Gasteiger partial charge < -0.3 is 4.42 Å². The molecule has 0 saturated carbocycles. The van der Waals surface area contributed by atoms with E-state index in [4.69, 9.17) is 4.42 Å². The van der Waals surface area contributed by atoms with Crippen LogP contribution in [0.1, 0.15) is 30.5 Å². The maximum Gasteiger partial charge on any atom is 0.269 e. The standard InChI is InChI=1S/C20H19N7O3/c28-27(29)16-6-4-15(5-7-16)20-24-22-18(30-20)13-25-11-8-14(9-12-25)19-23-21-17-3-1-2-10-26(17)19/h1-7,10,14H,8-9,11-13H2. The Labute approximate surface area is 171 Å². The highest BCUT2D eigenvalue weighted by Crippen LogP contribution is 2.28. The molecule has 4 aromatic rings. The Morgan fingerprint density at radius 3 is 2.60 bits per heavy atom. The number of non-ortho nitro benzene ring substituents is 1. The van der Waals surface area contributed by atoms with Crippen molar-refractivity contribution in [2.75, 3.05) is 13.1 Å². The largest absolute Gasteiger partial charge is 0.419 e. The smallest absolute Gasteiger partial charge is 0.269 e. The molecule has 3 aromatic heterocycles. The van der Waals surface area contributed by atoms with Gasteiger partial charge in [0, 0.05) is 29.8 Å². The number of hydrogen-bond donors (Lipinski definition) is 0. The van der Waals surface area contributed by atoms with Crippen molar-refractivity contribution in [3.05, 3.63) is 70.5 Å². The number of likely N-dealkylation sites (tertiary alicyclic amines) is 1. The Kier molecular flexibility index (Phi) is 4.68. The Morgan fingerprint density at radius 1 is 1.03 bits per heavy atom. The van der Waals surface area contributed by atoms with Crippen molar-refractivity contribution >= 4 is 11.3 Å². The minimum atomic E-state index is -0.436. The van der Waals surface area contributed by atoms with Gasteiger partial charge in [-0.1, -0.05) is 6.07 Å². The lowest BCUT2D eigenvalue weighted by molar-refractivity contribution is -0.384. The van der Waals surface area contributed by atoms with E-state index in [-0.39, 0.29) is 5.69 Å². The molecule has 30 heavy (non-hydrogen) atoms. The van der Waals surface area contributed by atoms with Gasteiger partial charge >= 0.3 is 0 Å². The Balaban J connectivity index is 1.21. The third kappa shape index (κ3) is 3.52. The minimum Gasteiger partial charge on any atom is -0.419 e. The van der Waals surface area contributed by atoms with Gasteiger partial charge in [-0.05, 0) is 50.2 Å². The van der Waals surface area contributed by atoms with E-state index in [2.05, 4.69) is 29.7 Å². The van der Waals surface area contributed by atoms with Crippen LogP contribution in [0, 0.1) is 10.1 Å². The fourth-order valence-electron chi connectivity index (χ4n) is 3.84. The Bertz CT molecular complexity index is 1180. The van der Waals surface area contributed by atoms with Crippen LogP contribution >= 0.6 is 0 Å². The molecule has 0 radical (unpaired) electrons. The highest BCUT2D eigenvalue weighted by atomic mass is 16.6. The molecule has 10 nitrogen and oxygen atoms in total. The van der Waals surface area contributed by atoms with Gasteiger partial charge in [0.05, 0.1) is 11.5 Å². The number of rotatable bonds is 5. The molecular formula is C20H19N7O3. The highest BCUT2D eigenvalue weighted by Gasteiger charge is 2.25. The van der Waals surface area contributed by atoms with Crippen molar-refractivity contribution in [3.8, 4) is 11.5 Å². The number of piperidine rings is 1. The van der Waals surface area contributed by atoms with E-state index in [1.807, 2.05) is 24.4 Å². The summed E-state index contributed by atoms with van der Waals surface area (Å²) in [5.74, 6) is 2.29. The third-order valence-corrected chi connectivity index (χ3v) is 5.44. The van der Waals surface area contributed by atoms with Crippen LogP contribution in [0.25, 0.3) is 17.1 Å². The fraction of sp³-hybridized carbons (Fsp3) is 0.300. The molecule has 0 amide bonds. The van der Waals surface area contributed by atoms with Gasteiger partial charge in [-0.2, -0.15) is 0 Å². The van der Waals surface area contributed by atoms with Crippen molar-refractivity contribution in [2.24, 2.45) is 0 Å². The van der Waals surface area contributed by atoms with E-state index in [1.165, 1.54) is 12.1 Å². The second-order valence-corrected chi connectivity index (χ2v) is 7.34. The first-order chi connectivity index (χ1) is 14.7. The summed E-state index contributed by atoms with van der Waals surface area (Å²) in [4.78, 5) is 12.6. The zero-order chi connectivity index (χ0) is 20.5. The van der Waals surface area contributed by atoms with Crippen LogP contribution in [-0.2, 0) is 6.54 Å². The third-order valence-electron chi connectivity index (χ3n) is 5.44. The van der Waals surface area contributed by atoms with Crippen LogP contribution in [0.15, 0.2) is 53.1 Å². The Morgan fingerprint density at radius 2 is 1.83 bits per heavy atom. The van der Waals surface area contributed by atoms with E-state index >= 15 is 0 Å². The van der Waals surface area contributed by atoms with Crippen molar-refractivity contribution in [1.29, 1.82) is 0 Å². The van der Waals surface area contributed by atoms with Crippen LogP contribution in [0.5, 0.6) is 0 Å². The van der Waals surface area contributed by atoms with Crippen LogP contribution in [0.3, 0.4) is 0 Å². The summed E-state index contributed by atoms with van der Waals surface area (Å²) in [5.41, 5.74) is 1.57. The maximum atomic E-state index is 10.8. The van der Waals surface area contributed by atoms with E-state index in [0.717, 1.165) is 37.4 Å². The first kappa shape index (κ1) is 18.4. The molecule has 1 aliphatic heterocycles. The summed E-state index contributed by atoms with van der Waals surface area (Å²) in [5, 5.41) is 27.6. The molecule has 0 unspecified atom stereocenters. The zero-order valence-corrected chi connectivity index (χ0v) is 16.1. The number of nitro groups is 1. The fourth-order valence-corrected chi connectivity index (χ4v) is 3.84. The quantitative estimate of drug-likeness (QED) is 0.367. The average molecular weight is 405 g/mol. The molecule has 1 aromatic carbocycles. The van der Waals surface area contributed by atoms with Crippen LogP contribution in [-0.4, -0.2) is 47.7 Å². The van der Waals surface area contributed by atoms with Gasteiger partial charge in [-0.15, -0.1) is 20.4 Å². The van der Waals surface area contributed by atoms with E-state index in [1.54, 1.807) is 12.1 Å². The van der Waals surface area contributed by atoms with Crippen molar-refractivity contribution in [1.82, 2.24) is 29.7 Å². The van der Waals surface area contributed by atoms with Crippen LogP contribution in [0.2, 0.25) is 0 Å². The highest BCUT2D eigenvalue weighted by molar-refractivity contribution is 5.55. The second-order valence-electron chi connectivity index (χ2n) is 7.34. The van der Waals surface area contributed by atoms with Gasteiger partial charge in [0.2, 0.25) is 11.8 Å². The summed E-state index contributed by atoms with van der Waals surface area (Å²) in [7, 11) is 0. The molecule has 0 spiro atoms. The average Bonchev–Trinajstić information content (AvgIpc) is 3.42. The summed E-state index contributed by atoms with van der Waals surface area (Å²) < 4.78 is 7.83. The molecule has 4 heterocycles. The predicted molar refractivity (Wildman–Crippen MR) is 107 cm³/mol. The van der Waals surface area contributed by atoms with Gasteiger partial charge in [-0.3, -0.25) is 19.4 Å². The number of nitro benzene ring substituents is 1. The van der Waals surface area contributed by atoms with Crippen LogP contribution < -0.4 is 0 Å². The van der Waals surface area contributed by atoms with E-state index in [0.29, 0.717) is 29.8 Å². The van der Waals surface area contributed by atoms with Gasteiger partial charge in [0.25, 0.3) is 5.69 Å². The molecule has 152 valence electrons. The normalized spacial score (nSPS) is 15.6. The van der Waals surface area contributed by atoms with Crippen LogP contribution in [0.4, 0.5) is 5.69 Å². The van der Waals surface area contributed by atoms with E-state index in [9.17, 15) is 10.1 Å². The van der Waals surface area contributed by atoms with Gasteiger partial charge in [-0.25, -0.2) is 0 Å². The first-order valence-corrected chi connectivity index (χ1v) is 9.76. The lowest BCUT2D eigenvalue weighted by atomic mass is 9.96. The number of fused-ring (bicyclic) bond motifs is 1. The molecular weight excluding hydrogens is 386 g/mol.